The van der Waals surface area contributed by atoms with Crippen LogP contribution >= 0.6 is 0 Å². The van der Waals surface area contributed by atoms with Crippen LogP contribution < -0.4 is 5.32 Å². The molecule has 5 heteroatoms. The molecule has 2 nitrogen and oxygen atoms in total. The monoisotopic (exact) mass is 211 g/mol. The van der Waals surface area contributed by atoms with Gasteiger partial charge in [0.2, 0.25) is 5.91 Å². The van der Waals surface area contributed by atoms with Crippen LogP contribution in [0.1, 0.15) is 27.7 Å². The van der Waals surface area contributed by atoms with Crippen molar-refractivity contribution in [3.63, 3.8) is 0 Å². The first-order chi connectivity index (χ1) is 6.09. The second-order valence-corrected chi connectivity index (χ2v) is 4.23. The van der Waals surface area contributed by atoms with Gasteiger partial charge in [-0.05, 0) is 19.8 Å². The smallest absolute Gasteiger partial charge is 0.355 e. The van der Waals surface area contributed by atoms with Crippen LogP contribution in [-0.4, -0.2) is 18.6 Å². The average Bonchev–Trinajstić information content (AvgIpc) is 1.97. The molecule has 0 aromatic heterocycles. The summed E-state index contributed by atoms with van der Waals surface area (Å²) in [5.41, 5.74) is -2.32. The van der Waals surface area contributed by atoms with E-state index in [1.807, 2.05) is 13.8 Å². The van der Waals surface area contributed by atoms with E-state index in [0.717, 1.165) is 13.8 Å². The number of halogens is 3. The first-order valence-electron chi connectivity index (χ1n) is 4.44. The number of carbonyl (C=O) groups excluding carboxylic acids is 1. The first kappa shape index (κ1) is 13.3. The van der Waals surface area contributed by atoms with E-state index in [1.54, 1.807) is 0 Å². The fourth-order valence-corrected chi connectivity index (χ4v) is 0.647. The van der Waals surface area contributed by atoms with Crippen molar-refractivity contribution in [2.75, 3.05) is 6.54 Å². The lowest BCUT2D eigenvalue weighted by Gasteiger charge is -2.26. The van der Waals surface area contributed by atoms with Gasteiger partial charge in [-0.3, -0.25) is 4.79 Å². The summed E-state index contributed by atoms with van der Waals surface area (Å²) >= 11 is 0. The lowest BCUT2D eigenvalue weighted by atomic mass is 9.91. The Morgan fingerprint density at radius 1 is 1.29 bits per heavy atom. The fraction of sp³-hybridized carbons (Fsp3) is 0.889. The van der Waals surface area contributed by atoms with E-state index in [1.165, 1.54) is 0 Å². The lowest BCUT2D eigenvalue weighted by molar-refractivity contribution is -0.211. The van der Waals surface area contributed by atoms with Gasteiger partial charge in [0, 0.05) is 6.54 Å². The Morgan fingerprint density at radius 3 is 2.00 bits per heavy atom. The van der Waals surface area contributed by atoms with E-state index in [-0.39, 0.29) is 12.5 Å². The normalized spacial score (nSPS) is 13.1. The Balaban J connectivity index is 4.38. The van der Waals surface area contributed by atoms with E-state index in [4.69, 9.17) is 0 Å². The molecule has 0 aromatic carbocycles. The van der Waals surface area contributed by atoms with Gasteiger partial charge in [-0.1, -0.05) is 13.8 Å². The highest BCUT2D eigenvalue weighted by molar-refractivity contribution is 5.82. The van der Waals surface area contributed by atoms with Gasteiger partial charge in [-0.2, -0.15) is 13.2 Å². The topological polar surface area (TPSA) is 29.1 Å². The minimum Gasteiger partial charge on any atom is -0.355 e. The number of nitrogens with one attached hydrogen (secondary N) is 1. The molecule has 0 saturated heterocycles. The highest BCUT2D eigenvalue weighted by atomic mass is 19.4. The average molecular weight is 211 g/mol. The summed E-state index contributed by atoms with van der Waals surface area (Å²) in [5.74, 6) is -0.832. The molecule has 14 heavy (non-hydrogen) atoms. The highest BCUT2D eigenvalue weighted by Gasteiger charge is 2.52. The zero-order valence-electron chi connectivity index (χ0n) is 8.83. The lowest BCUT2D eigenvalue weighted by Crippen LogP contribution is -2.47. The summed E-state index contributed by atoms with van der Waals surface area (Å²) < 4.78 is 37.0. The van der Waals surface area contributed by atoms with Crippen LogP contribution in [0.2, 0.25) is 0 Å². The van der Waals surface area contributed by atoms with E-state index in [9.17, 15) is 18.0 Å². The summed E-state index contributed by atoms with van der Waals surface area (Å²) in [6, 6.07) is 0. The van der Waals surface area contributed by atoms with Gasteiger partial charge in [0.1, 0.15) is 5.41 Å². The van der Waals surface area contributed by atoms with Crippen molar-refractivity contribution >= 4 is 5.91 Å². The number of hydrogen-bond donors (Lipinski definition) is 1. The van der Waals surface area contributed by atoms with Gasteiger partial charge in [0.15, 0.2) is 0 Å². The molecule has 0 saturated carbocycles. The molecule has 0 rings (SSSR count). The third-order valence-corrected chi connectivity index (χ3v) is 1.95. The predicted octanol–water partition coefficient (Wildman–Crippen LogP) is 2.35. The molecular weight excluding hydrogens is 195 g/mol. The number of rotatable bonds is 3. The molecule has 0 aliphatic rings. The number of amides is 1. The van der Waals surface area contributed by atoms with Crippen molar-refractivity contribution in [2.24, 2.45) is 11.3 Å². The maximum atomic E-state index is 12.3. The molecule has 84 valence electrons. The molecule has 0 atom stereocenters. The van der Waals surface area contributed by atoms with Crippen LogP contribution in [0, 0.1) is 11.3 Å². The first-order valence-corrected chi connectivity index (χ1v) is 4.44. The predicted molar refractivity (Wildman–Crippen MR) is 47.7 cm³/mol. The minimum atomic E-state index is -4.51. The second kappa shape index (κ2) is 4.19. The van der Waals surface area contributed by atoms with E-state index < -0.39 is 17.5 Å². The van der Waals surface area contributed by atoms with Crippen LogP contribution in [0.5, 0.6) is 0 Å². The van der Waals surface area contributed by atoms with E-state index in [0.29, 0.717) is 0 Å². The molecule has 0 aromatic rings. The quantitative estimate of drug-likeness (QED) is 0.762. The molecule has 0 aliphatic heterocycles. The maximum Gasteiger partial charge on any atom is 0.402 e. The molecule has 0 fully saturated rings. The number of hydrogen-bond acceptors (Lipinski definition) is 1. The standard InChI is InChI=1S/C9H16F3NO/c1-6(2)5-13-7(14)8(3,4)9(10,11)12/h6H,5H2,1-4H3,(H,13,14). The summed E-state index contributed by atoms with van der Waals surface area (Å²) in [4.78, 5) is 11.2. The van der Waals surface area contributed by atoms with Crippen molar-refractivity contribution in [2.45, 2.75) is 33.9 Å². The molecule has 0 heterocycles. The third-order valence-electron chi connectivity index (χ3n) is 1.95. The maximum absolute atomic E-state index is 12.3. The number of alkyl halides is 3. The van der Waals surface area contributed by atoms with Crippen LogP contribution in [0.4, 0.5) is 13.2 Å². The zero-order chi connectivity index (χ0) is 11.6. The van der Waals surface area contributed by atoms with Gasteiger partial charge in [-0.25, -0.2) is 0 Å². The highest BCUT2D eigenvalue weighted by Crippen LogP contribution is 2.37. The van der Waals surface area contributed by atoms with Gasteiger partial charge in [0.25, 0.3) is 0 Å². The van der Waals surface area contributed by atoms with Crippen molar-refractivity contribution in [1.82, 2.24) is 5.32 Å². The molecule has 0 bridgehead atoms. The summed E-state index contributed by atoms with van der Waals surface area (Å²) in [5, 5.41) is 2.27. The molecule has 0 spiro atoms. The molecule has 0 aliphatic carbocycles. The Kier molecular flexibility index (Phi) is 3.97. The van der Waals surface area contributed by atoms with Crippen LogP contribution in [0.15, 0.2) is 0 Å². The van der Waals surface area contributed by atoms with E-state index >= 15 is 0 Å². The van der Waals surface area contributed by atoms with Crippen molar-refractivity contribution in [3.8, 4) is 0 Å². The summed E-state index contributed by atoms with van der Waals surface area (Å²) in [6.07, 6.45) is -4.51. The molecule has 0 radical (unpaired) electrons. The Morgan fingerprint density at radius 2 is 1.71 bits per heavy atom. The molecule has 0 unspecified atom stereocenters. The third kappa shape index (κ3) is 3.20. The minimum absolute atomic E-state index is 0.142. The zero-order valence-corrected chi connectivity index (χ0v) is 8.83. The molecule has 1 amide bonds. The summed E-state index contributed by atoms with van der Waals surface area (Å²) in [7, 11) is 0. The van der Waals surface area contributed by atoms with Crippen molar-refractivity contribution < 1.29 is 18.0 Å². The van der Waals surface area contributed by atoms with Gasteiger partial charge < -0.3 is 5.32 Å². The SMILES string of the molecule is CC(C)CNC(=O)C(C)(C)C(F)(F)F. The van der Waals surface area contributed by atoms with Crippen LogP contribution in [0.25, 0.3) is 0 Å². The Labute approximate surface area is 81.9 Å². The Hall–Kier alpha value is -0.740. The van der Waals surface area contributed by atoms with Crippen LogP contribution in [0.3, 0.4) is 0 Å². The van der Waals surface area contributed by atoms with Gasteiger partial charge in [0.05, 0.1) is 0 Å². The van der Waals surface area contributed by atoms with E-state index in [2.05, 4.69) is 5.32 Å². The molecule has 1 N–H and O–H groups in total. The van der Waals surface area contributed by atoms with Crippen LogP contribution in [-0.2, 0) is 4.79 Å². The van der Waals surface area contributed by atoms with Gasteiger partial charge >= 0.3 is 6.18 Å². The summed E-state index contributed by atoms with van der Waals surface area (Å²) in [6.45, 7) is 5.66. The Bertz CT molecular complexity index is 209. The van der Waals surface area contributed by atoms with Crippen molar-refractivity contribution in [3.05, 3.63) is 0 Å². The molecular formula is C9H16F3NO. The van der Waals surface area contributed by atoms with Gasteiger partial charge in [-0.15, -0.1) is 0 Å². The fourth-order valence-electron chi connectivity index (χ4n) is 0.647. The largest absolute Gasteiger partial charge is 0.402 e. The number of carbonyl (C=O) groups is 1. The second-order valence-electron chi connectivity index (χ2n) is 4.23. The van der Waals surface area contributed by atoms with Crippen molar-refractivity contribution in [1.29, 1.82) is 0 Å².